The molecular weight excluding hydrogens is 328 g/mol. The highest BCUT2D eigenvalue weighted by Gasteiger charge is 2.55. The van der Waals surface area contributed by atoms with E-state index in [1.54, 1.807) is 0 Å². The Bertz CT molecular complexity index is 568. The minimum atomic E-state index is -0.0747. The fraction of sp³-hybridized carbons (Fsp3) is 0.909. The maximum atomic E-state index is 12.9. The lowest BCUT2D eigenvalue weighted by molar-refractivity contribution is -0.166. The maximum absolute atomic E-state index is 12.9. The molecule has 4 aliphatic carbocycles. The Morgan fingerprint density at radius 3 is 2.23 bits per heavy atom. The first-order valence-corrected chi connectivity index (χ1v) is 10.7. The van der Waals surface area contributed by atoms with E-state index >= 15 is 0 Å². The van der Waals surface area contributed by atoms with Crippen molar-refractivity contribution >= 4 is 11.9 Å². The third kappa shape index (κ3) is 3.07. The predicted octanol–water partition coefficient (Wildman–Crippen LogP) is 4.07. The van der Waals surface area contributed by atoms with Crippen molar-refractivity contribution in [3.05, 3.63) is 0 Å². The number of carbonyl (C=O) groups is 2. The minimum Gasteiger partial charge on any atom is -0.465 e. The highest BCUT2D eigenvalue weighted by molar-refractivity contribution is 5.75. The fourth-order valence-electron chi connectivity index (χ4n) is 6.50. The number of hydrogen-bond acceptors (Lipinski definition) is 4. The molecule has 146 valence electrons. The van der Waals surface area contributed by atoms with Gasteiger partial charge in [0.1, 0.15) is 6.10 Å². The molecule has 0 saturated heterocycles. The third-order valence-electron chi connectivity index (χ3n) is 8.08. The normalized spacial score (nSPS) is 46.1. The van der Waals surface area contributed by atoms with Crippen LogP contribution < -0.4 is 0 Å². The number of hydrogen-bond donors (Lipinski definition) is 0. The zero-order valence-electron chi connectivity index (χ0n) is 16.6. The molecule has 4 saturated carbocycles. The Labute approximate surface area is 157 Å². The lowest BCUT2D eigenvalue weighted by Gasteiger charge is -2.33. The summed E-state index contributed by atoms with van der Waals surface area (Å²) in [5.41, 5.74) is 0. The topological polar surface area (TPSA) is 52.6 Å². The SMILES string of the molecule is CC(C)COC(=O)C1CC2CC(OC(=O)C3CC4CC3C(C)C4C)C1C2. The average molecular weight is 363 g/mol. The standard InChI is InChI=1S/C22H34O4/c1-11(2)10-25-21(23)18-6-14-5-17(18)20(7-14)26-22(24)19-9-15-8-16(19)13(4)12(15)3/h11-20H,5-10H2,1-4H3. The van der Waals surface area contributed by atoms with Gasteiger partial charge in [-0.25, -0.2) is 0 Å². The second kappa shape index (κ2) is 6.83. The quantitative estimate of drug-likeness (QED) is 0.692. The molecule has 4 fully saturated rings. The first-order valence-electron chi connectivity index (χ1n) is 10.7. The Morgan fingerprint density at radius 1 is 0.885 bits per heavy atom. The van der Waals surface area contributed by atoms with Crippen LogP contribution in [-0.2, 0) is 19.1 Å². The Kier molecular flexibility index (Phi) is 4.81. The molecule has 9 unspecified atom stereocenters. The van der Waals surface area contributed by atoms with Crippen molar-refractivity contribution in [2.75, 3.05) is 6.61 Å². The van der Waals surface area contributed by atoms with Crippen LogP contribution in [0.3, 0.4) is 0 Å². The summed E-state index contributed by atoms with van der Waals surface area (Å²) in [5.74, 6) is 3.61. The molecular formula is C22H34O4. The molecule has 9 atom stereocenters. The van der Waals surface area contributed by atoms with E-state index in [-0.39, 0.29) is 35.8 Å². The van der Waals surface area contributed by atoms with Crippen LogP contribution in [0.5, 0.6) is 0 Å². The minimum absolute atomic E-state index is 0.0168. The molecule has 0 aromatic heterocycles. The van der Waals surface area contributed by atoms with Gasteiger partial charge in [0, 0.05) is 5.92 Å². The lowest BCUT2D eigenvalue weighted by Crippen LogP contribution is -2.38. The van der Waals surface area contributed by atoms with Crippen LogP contribution in [0.15, 0.2) is 0 Å². The van der Waals surface area contributed by atoms with Crippen molar-refractivity contribution in [2.24, 2.45) is 53.3 Å². The molecule has 4 heteroatoms. The van der Waals surface area contributed by atoms with Gasteiger partial charge in [0.15, 0.2) is 0 Å². The molecule has 4 aliphatic rings. The van der Waals surface area contributed by atoms with E-state index in [2.05, 4.69) is 27.7 Å². The molecule has 0 amide bonds. The van der Waals surface area contributed by atoms with Crippen molar-refractivity contribution in [2.45, 2.75) is 65.9 Å². The Balaban J connectivity index is 1.34. The van der Waals surface area contributed by atoms with E-state index in [0.29, 0.717) is 36.2 Å². The fourth-order valence-corrected chi connectivity index (χ4v) is 6.50. The van der Waals surface area contributed by atoms with Crippen LogP contribution in [0.25, 0.3) is 0 Å². The summed E-state index contributed by atoms with van der Waals surface area (Å²) in [6.07, 6.45) is 5.02. The molecule has 0 heterocycles. The summed E-state index contributed by atoms with van der Waals surface area (Å²) in [6, 6.07) is 0. The summed E-state index contributed by atoms with van der Waals surface area (Å²) in [7, 11) is 0. The number of carbonyl (C=O) groups excluding carboxylic acids is 2. The number of fused-ring (bicyclic) bond motifs is 4. The largest absolute Gasteiger partial charge is 0.465 e. The van der Waals surface area contributed by atoms with Crippen LogP contribution in [0.1, 0.15) is 59.8 Å². The van der Waals surface area contributed by atoms with E-state index in [0.717, 1.165) is 31.6 Å². The molecule has 0 N–H and O–H groups in total. The second-order valence-electron chi connectivity index (χ2n) is 10.1. The summed E-state index contributed by atoms with van der Waals surface area (Å²) in [5, 5.41) is 0. The molecule has 26 heavy (non-hydrogen) atoms. The van der Waals surface area contributed by atoms with Gasteiger partial charge in [0.2, 0.25) is 0 Å². The van der Waals surface area contributed by atoms with E-state index in [1.807, 2.05) is 0 Å². The molecule has 0 spiro atoms. The molecule has 0 aromatic rings. The van der Waals surface area contributed by atoms with Crippen LogP contribution in [0, 0.1) is 53.3 Å². The van der Waals surface area contributed by atoms with Crippen molar-refractivity contribution in [3.8, 4) is 0 Å². The van der Waals surface area contributed by atoms with Gasteiger partial charge in [0.05, 0.1) is 18.4 Å². The summed E-state index contributed by atoms with van der Waals surface area (Å²) in [6.45, 7) is 9.22. The number of esters is 2. The summed E-state index contributed by atoms with van der Waals surface area (Å²) < 4.78 is 11.5. The van der Waals surface area contributed by atoms with Gasteiger partial charge in [-0.3, -0.25) is 9.59 Å². The highest BCUT2D eigenvalue weighted by atomic mass is 16.5. The van der Waals surface area contributed by atoms with Gasteiger partial charge in [-0.1, -0.05) is 27.7 Å². The Morgan fingerprint density at radius 2 is 1.62 bits per heavy atom. The highest BCUT2D eigenvalue weighted by Crippen LogP contribution is 2.56. The molecule has 4 nitrogen and oxygen atoms in total. The van der Waals surface area contributed by atoms with E-state index < -0.39 is 0 Å². The zero-order valence-corrected chi connectivity index (χ0v) is 16.6. The predicted molar refractivity (Wildman–Crippen MR) is 98.0 cm³/mol. The van der Waals surface area contributed by atoms with Gasteiger partial charge in [-0.2, -0.15) is 0 Å². The van der Waals surface area contributed by atoms with Crippen LogP contribution in [-0.4, -0.2) is 24.6 Å². The van der Waals surface area contributed by atoms with Crippen molar-refractivity contribution in [3.63, 3.8) is 0 Å². The van der Waals surface area contributed by atoms with Crippen LogP contribution in [0.2, 0.25) is 0 Å². The summed E-state index contributed by atoms with van der Waals surface area (Å²) >= 11 is 0. The van der Waals surface area contributed by atoms with Gasteiger partial charge in [-0.05, 0) is 67.6 Å². The Hall–Kier alpha value is -1.06. The molecule has 4 rings (SSSR count). The molecule has 0 radical (unpaired) electrons. The third-order valence-corrected chi connectivity index (χ3v) is 8.08. The molecule has 0 aliphatic heterocycles. The van der Waals surface area contributed by atoms with Crippen molar-refractivity contribution < 1.29 is 19.1 Å². The average Bonchev–Trinajstić information content (AvgIpc) is 3.34. The smallest absolute Gasteiger partial charge is 0.309 e. The second-order valence-corrected chi connectivity index (χ2v) is 10.1. The maximum Gasteiger partial charge on any atom is 0.309 e. The van der Waals surface area contributed by atoms with Crippen molar-refractivity contribution in [1.29, 1.82) is 0 Å². The zero-order chi connectivity index (χ0) is 18.6. The number of ether oxygens (including phenoxy) is 2. The van der Waals surface area contributed by atoms with Gasteiger partial charge in [0.25, 0.3) is 0 Å². The lowest BCUT2D eigenvalue weighted by atomic mass is 9.76. The molecule has 0 aromatic carbocycles. The molecule has 4 bridgehead atoms. The van der Waals surface area contributed by atoms with Gasteiger partial charge in [-0.15, -0.1) is 0 Å². The first-order chi connectivity index (χ1) is 12.3. The van der Waals surface area contributed by atoms with Gasteiger partial charge < -0.3 is 9.47 Å². The van der Waals surface area contributed by atoms with E-state index in [1.165, 1.54) is 6.42 Å². The van der Waals surface area contributed by atoms with Crippen LogP contribution in [0.4, 0.5) is 0 Å². The monoisotopic (exact) mass is 362 g/mol. The summed E-state index contributed by atoms with van der Waals surface area (Å²) in [4.78, 5) is 25.3. The van der Waals surface area contributed by atoms with E-state index in [9.17, 15) is 9.59 Å². The van der Waals surface area contributed by atoms with E-state index in [4.69, 9.17) is 9.47 Å². The van der Waals surface area contributed by atoms with Gasteiger partial charge >= 0.3 is 11.9 Å². The first kappa shape index (κ1) is 18.3. The number of rotatable bonds is 5. The van der Waals surface area contributed by atoms with Crippen LogP contribution >= 0.6 is 0 Å². The van der Waals surface area contributed by atoms with Crippen molar-refractivity contribution in [1.82, 2.24) is 0 Å².